The number of aromatic nitrogens is 1. The van der Waals surface area contributed by atoms with Crippen LogP contribution in [0.2, 0.25) is 5.02 Å². The monoisotopic (exact) mass is 511 g/mol. The molecular formula is C31H26ClNO4. The van der Waals surface area contributed by atoms with Crippen LogP contribution in [0.3, 0.4) is 0 Å². The maximum absolute atomic E-state index is 11.5. The third-order valence-corrected chi connectivity index (χ3v) is 6.85. The van der Waals surface area contributed by atoms with Crippen LogP contribution in [0.4, 0.5) is 0 Å². The van der Waals surface area contributed by atoms with E-state index in [0.29, 0.717) is 17.2 Å². The molecule has 6 heteroatoms. The van der Waals surface area contributed by atoms with Crippen LogP contribution in [0.5, 0.6) is 11.5 Å². The third kappa shape index (κ3) is 4.91. The lowest BCUT2D eigenvalue weighted by molar-refractivity contribution is 0.0696. The van der Waals surface area contributed by atoms with Gasteiger partial charge in [0.2, 0.25) is 0 Å². The Morgan fingerprint density at radius 1 is 0.865 bits per heavy atom. The summed E-state index contributed by atoms with van der Waals surface area (Å²) in [5.41, 5.74) is 5.44. The second kappa shape index (κ2) is 10.4. The Balaban J connectivity index is 1.67. The molecular weight excluding hydrogens is 486 g/mol. The first-order valence-corrected chi connectivity index (χ1v) is 12.2. The number of aromatic carboxylic acids is 1. The van der Waals surface area contributed by atoms with E-state index in [9.17, 15) is 9.90 Å². The van der Waals surface area contributed by atoms with E-state index in [4.69, 9.17) is 21.1 Å². The van der Waals surface area contributed by atoms with Crippen LogP contribution in [-0.2, 0) is 6.42 Å². The average molecular weight is 512 g/mol. The molecule has 0 bridgehead atoms. The van der Waals surface area contributed by atoms with Crippen molar-refractivity contribution in [3.63, 3.8) is 0 Å². The van der Waals surface area contributed by atoms with Gasteiger partial charge in [-0.05, 0) is 58.7 Å². The zero-order valence-electron chi connectivity index (χ0n) is 20.5. The maximum Gasteiger partial charge on any atom is 0.335 e. The van der Waals surface area contributed by atoms with Crippen LogP contribution in [0, 0.1) is 0 Å². The van der Waals surface area contributed by atoms with Gasteiger partial charge >= 0.3 is 5.97 Å². The Morgan fingerprint density at radius 2 is 1.59 bits per heavy atom. The fourth-order valence-corrected chi connectivity index (χ4v) is 4.98. The predicted molar refractivity (Wildman–Crippen MR) is 146 cm³/mol. The highest BCUT2D eigenvalue weighted by Crippen LogP contribution is 2.36. The minimum atomic E-state index is -0.985. The molecule has 0 aliphatic rings. The normalized spacial score (nSPS) is 11.9. The first-order chi connectivity index (χ1) is 18.0. The van der Waals surface area contributed by atoms with Gasteiger partial charge in [0.25, 0.3) is 0 Å². The molecule has 1 aromatic heterocycles. The van der Waals surface area contributed by atoms with E-state index < -0.39 is 5.97 Å². The number of rotatable bonds is 8. The van der Waals surface area contributed by atoms with Gasteiger partial charge in [0.15, 0.2) is 0 Å². The summed E-state index contributed by atoms with van der Waals surface area (Å²) in [5.74, 6) is 0.361. The van der Waals surface area contributed by atoms with Crippen molar-refractivity contribution < 1.29 is 19.4 Å². The van der Waals surface area contributed by atoms with Crippen molar-refractivity contribution in [3.8, 4) is 11.5 Å². The number of methoxy groups -OCH3 is 2. The molecule has 0 radical (unpaired) electrons. The molecule has 0 aliphatic heterocycles. The fourth-order valence-electron chi connectivity index (χ4n) is 4.82. The van der Waals surface area contributed by atoms with E-state index in [1.54, 1.807) is 26.4 Å². The van der Waals surface area contributed by atoms with Crippen molar-refractivity contribution in [2.45, 2.75) is 12.5 Å². The van der Waals surface area contributed by atoms with E-state index in [1.165, 1.54) is 0 Å². The molecule has 1 N–H and O–H groups in total. The smallest absolute Gasteiger partial charge is 0.335 e. The van der Waals surface area contributed by atoms with Crippen molar-refractivity contribution in [1.29, 1.82) is 0 Å². The summed E-state index contributed by atoms with van der Waals surface area (Å²) < 4.78 is 13.2. The van der Waals surface area contributed by atoms with Crippen LogP contribution >= 0.6 is 11.6 Å². The Bertz CT molecular complexity index is 1560. The summed E-state index contributed by atoms with van der Waals surface area (Å²) in [6.07, 6.45) is 2.73. The van der Waals surface area contributed by atoms with Crippen LogP contribution in [0.25, 0.3) is 10.9 Å². The first kappa shape index (κ1) is 24.5. The van der Waals surface area contributed by atoms with Gasteiger partial charge < -0.3 is 19.1 Å². The van der Waals surface area contributed by atoms with Crippen LogP contribution in [0.15, 0.2) is 97.2 Å². The van der Waals surface area contributed by atoms with Crippen molar-refractivity contribution in [2.24, 2.45) is 0 Å². The number of carbonyl (C=O) groups is 1. The van der Waals surface area contributed by atoms with Crippen molar-refractivity contribution in [1.82, 2.24) is 4.57 Å². The number of benzene rings is 4. The lowest BCUT2D eigenvalue weighted by Gasteiger charge is -2.22. The molecule has 1 atom stereocenters. The van der Waals surface area contributed by atoms with Gasteiger partial charge in [0, 0.05) is 23.0 Å². The summed E-state index contributed by atoms with van der Waals surface area (Å²) in [6.45, 7) is 0. The fraction of sp³-hybridized carbons (Fsp3) is 0.129. The molecule has 5 nitrogen and oxygen atoms in total. The summed E-state index contributed by atoms with van der Waals surface area (Å²) in [4.78, 5) is 11.5. The molecule has 0 amide bonds. The molecule has 5 rings (SSSR count). The third-order valence-electron chi connectivity index (χ3n) is 6.62. The summed E-state index contributed by atoms with van der Waals surface area (Å²) >= 11 is 6.49. The number of hydrogen-bond acceptors (Lipinski definition) is 3. The van der Waals surface area contributed by atoms with E-state index >= 15 is 0 Å². The van der Waals surface area contributed by atoms with Gasteiger partial charge in [0.05, 0.1) is 31.3 Å². The molecule has 0 fully saturated rings. The Hall–Kier alpha value is -4.22. The number of carboxylic acid groups (broad SMARTS) is 1. The number of carboxylic acids is 1. The highest BCUT2D eigenvalue weighted by molar-refractivity contribution is 6.31. The highest BCUT2D eigenvalue weighted by atomic mass is 35.5. The largest absolute Gasteiger partial charge is 0.497 e. The topological polar surface area (TPSA) is 60.7 Å². The van der Waals surface area contributed by atoms with Gasteiger partial charge in [-0.2, -0.15) is 0 Å². The number of fused-ring (bicyclic) bond motifs is 1. The zero-order valence-corrected chi connectivity index (χ0v) is 21.3. The van der Waals surface area contributed by atoms with E-state index in [0.717, 1.165) is 38.9 Å². The standard InChI is InChI=1S/C31H26ClNO4/c1-36-26-13-10-21(11-14-26)30(20-6-4-3-5-7-20)33-19-24(27-15-12-25(32)18-28(27)33)16-22-8-9-23(31(34)35)17-29(22)37-2/h3-15,17-19,30H,16H2,1-2H3,(H,34,35). The molecule has 0 spiro atoms. The Labute approximate surface area is 220 Å². The van der Waals surface area contributed by atoms with E-state index in [2.05, 4.69) is 35.0 Å². The Kier molecular flexibility index (Phi) is 6.89. The number of nitrogens with zero attached hydrogens (tertiary/aromatic N) is 1. The second-order valence-corrected chi connectivity index (χ2v) is 9.25. The lowest BCUT2D eigenvalue weighted by Crippen LogP contribution is -2.11. The average Bonchev–Trinajstić information content (AvgIpc) is 3.26. The van der Waals surface area contributed by atoms with Gasteiger partial charge in [-0.1, -0.05) is 66.2 Å². The molecule has 1 heterocycles. The minimum Gasteiger partial charge on any atom is -0.497 e. The van der Waals surface area contributed by atoms with E-state index in [-0.39, 0.29) is 11.6 Å². The predicted octanol–water partition coefficient (Wildman–Crippen LogP) is 7.24. The van der Waals surface area contributed by atoms with Crippen molar-refractivity contribution in [3.05, 3.63) is 130 Å². The number of hydrogen-bond donors (Lipinski definition) is 1. The summed E-state index contributed by atoms with van der Waals surface area (Å²) in [5, 5.41) is 11.1. The number of ether oxygens (including phenoxy) is 2. The molecule has 0 aliphatic carbocycles. The first-order valence-electron chi connectivity index (χ1n) is 11.9. The van der Waals surface area contributed by atoms with Gasteiger partial charge in [0.1, 0.15) is 11.5 Å². The van der Waals surface area contributed by atoms with Gasteiger partial charge in [-0.3, -0.25) is 0 Å². The Morgan fingerprint density at radius 3 is 2.27 bits per heavy atom. The van der Waals surface area contributed by atoms with Crippen molar-refractivity contribution in [2.75, 3.05) is 14.2 Å². The maximum atomic E-state index is 11.5. The second-order valence-electron chi connectivity index (χ2n) is 8.82. The summed E-state index contributed by atoms with van der Waals surface area (Å²) in [7, 11) is 3.22. The van der Waals surface area contributed by atoms with Crippen LogP contribution < -0.4 is 9.47 Å². The quantitative estimate of drug-likeness (QED) is 0.238. The van der Waals surface area contributed by atoms with Gasteiger partial charge in [-0.15, -0.1) is 0 Å². The van der Waals surface area contributed by atoms with Crippen LogP contribution in [0.1, 0.15) is 38.7 Å². The zero-order chi connectivity index (χ0) is 25.9. The summed E-state index contributed by atoms with van der Waals surface area (Å²) in [6, 6.07) is 29.3. The minimum absolute atomic E-state index is 0.0990. The highest BCUT2D eigenvalue weighted by Gasteiger charge is 2.21. The molecule has 37 heavy (non-hydrogen) atoms. The molecule has 5 aromatic rings. The van der Waals surface area contributed by atoms with Gasteiger partial charge in [-0.25, -0.2) is 4.79 Å². The molecule has 186 valence electrons. The number of halogens is 1. The molecule has 1 unspecified atom stereocenters. The lowest BCUT2D eigenvalue weighted by atomic mass is 9.98. The molecule has 4 aromatic carbocycles. The van der Waals surface area contributed by atoms with E-state index in [1.807, 2.05) is 54.6 Å². The van der Waals surface area contributed by atoms with Crippen molar-refractivity contribution >= 4 is 28.5 Å². The molecule has 0 saturated heterocycles. The SMILES string of the molecule is COc1ccc(C(c2ccccc2)n2cc(Cc3ccc(C(=O)O)cc3OC)c3ccc(Cl)cc32)cc1. The van der Waals surface area contributed by atoms with Crippen LogP contribution in [-0.4, -0.2) is 29.9 Å². The molecule has 0 saturated carbocycles.